The maximum absolute atomic E-state index is 11.7. The van der Waals surface area contributed by atoms with Gasteiger partial charge in [0.1, 0.15) is 0 Å². The molecule has 0 atom stereocenters. The summed E-state index contributed by atoms with van der Waals surface area (Å²) in [6.07, 6.45) is 0.472. The predicted molar refractivity (Wildman–Crippen MR) is 69.5 cm³/mol. The van der Waals surface area contributed by atoms with Gasteiger partial charge in [-0.1, -0.05) is 0 Å². The lowest BCUT2D eigenvalue weighted by atomic mass is 10.2. The standard InChI is InChI=1S/C11H18N2O3S/c1-9-8-10(12)4-5-11(9)13-17(14,15)7-3-6-16-2/h4-5,8,13H,3,6-7,12H2,1-2H3. The number of nitrogen functional groups attached to an aromatic ring is 1. The Bertz CT molecular complexity index is 472. The average Bonchev–Trinajstić information content (AvgIpc) is 2.22. The monoisotopic (exact) mass is 258 g/mol. The highest BCUT2D eigenvalue weighted by atomic mass is 32.2. The molecule has 6 heteroatoms. The van der Waals surface area contributed by atoms with E-state index in [1.807, 2.05) is 6.92 Å². The first-order valence-corrected chi connectivity index (χ1v) is 6.95. The van der Waals surface area contributed by atoms with Crippen molar-refractivity contribution >= 4 is 21.4 Å². The van der Waals surface area contributed by atoms with E-state index in [0.29, 0.717) is 24.4 Å². The van der Waals surface area contributed by atoms with Crippen LogP contribution in [-0.4, -0.2) is 27.9 Å². The van der Waals surface area contributed by atoms with Gasteiger partial charge in [0.15, 0.2) is 0 Å². The number of sulfonamides is 1. The molecule has 0 aromatic heterocycles. The molecule has 0 radical (unpaired) electrons. The van der Waals surface area contributed by atoms with E-state index in [9.17, 15) is 8.42 Å². The number of hydrogen-bond acceptors (Lipinski definition) is 4. The van der Waals surface area contributed by atoms with Crippen LogP contribution in [0, 0.1) is 6.92 Å². The second kappa shape index (κ2) is 5.88. The van der Waals surface area contributed by atoms with Gasteiger partial charge in [0.25, 0.3) is 0 Å². The molecule has 0 saturated heterocycles. The number of hydrogen-bond donors (Lipinski definition) is 2. The molecule has 0 aliphatic carbocycles. The number of nitrogens with one attached hydrogen (secondary N) is 1. The van der Waals surface area contributed by atoms with Gasteiger partial charge < -0.3 is 10.5 Å². The first-order valence-electron chi connectivity index (χ1n) is 5.30. The molecular formula is C11H18N2O3S. The summed E-state index contributed by atoms with van der Waals surface area (Å²) in [6.45, 7) is 2.24. The van der Waals surface area contributed by atoms with Gasteiger partial charge in [0.2, 0.25) is 10.0 Å². The lowest BCUT2D eigenvalue weighted by molar-refractivity contribution is 0.199. The Balaban J connectivity index is 2.69. The fourth-order valence-electron chi connectivity index (χ4n) is 1.41. The molecule has 17 heavy (non-hydrogen) atoms. The van der Waals surface area contributed by atoms with Gasteiger partial charge in [-0.05, 0) is 37.1 Å². The molecule has 0 saturated carbocycles. The SMILES string of the molecule is COCCCS(=O)(=O)Nc1ccc(N)cc1C. The molecule has 96 valence electrons. The van der Waals surface area contributed by atoms with Crippen molar-refractivity contribution in [2.45, 2.75) is 13.3 Å². The Morgan fingerprint density at radius 3 is 2.71 bits per heavy atom. The third-order valence-corrected chi connectivity index (χ3v) is 3.63. The van der Waals surface area contributed by atoms with Gasteiger partial charge in [-0.15, -0.1) is 0 Å². The minimum absolute atomic E-state index is 0.0463. The smallest absolute Gasteiger partial charge is 0.232 e. The van der Waals surface area contributed by atoms with Crippen LogP contribution in [0.15, 0.2) is 18.2 Å². The third-order valence-electron chi connectivity index (χ3n) is 2.28. The maximum Gasteiger partial charge on any atom is 0.232 e. The molecule has 0 aliphatic rings. The van der Waals surface area contributed by atoms with Gasteiger partial charge in [-0.25, -0.2) is 8.42 Å². The van der Waals surface area contributed by atoms with Crippen LogP contribution in [0.1, 0.15) is 12.0 Å². The van der Waals surface area contributed by atoms with Gasteiger partial charge in [-0.3, -0.25) is 4.72 Å². The summed E-state index contributed by atoms with van der Waals surface area (Å²) >= 11 is 0. The van der Waals surface area contributed by atoms with Gasteiger partial charge in [0.05, 0.1) is 11.4 Å². The van der Waals surface area contributed by atoms with Crippen molar-refractivity contribution in [2.75, 3.05) is 29.9 Å². The Morgan fingerprint density at radius 2 is 2.12 bits per heavy atom. The van der Waals surface area contributed by atoms with E-state index < -0.39 is 10.0 Å². The Morgan fingerprint density at radius 1 is 1.41 bits per heavy atom. The molecule has 0 bridgehead atoms. The largest absolute Gasteiger partial charge is 0.399 e. The van der Waals surface area contributed by atoms with E-state index in [2.05, 4.69) is 4.72 Å². The van der Waals surface area contributed by atoms with Crippen LogP contribution in [0.2, 0.25) is 0 Å². The summed E-state index contributed by atoms with van der Waals surface area (Å²) in [4.78, 5) is 0. The second-order valence-corrected chi connectivity index (χ2v) is 5.68. The van der Waals surface area contributed by atoms with Crippen molar-refractivity contribution in [3.8, 4) is 0 Å². The Hall–Kier alpha value is -1.27. The summed E-state index contributed by atoms with van der Waals surface area (Å²) in [7, 11) is -1.77. The maximum atomic E-state index is 11.7. The lowest BCUT2D eigenvalue weighted by Gasteiger charge is -2.10. The van der Waals surface area contributed by atoms with E-state index in [1.54, 1.807) is 25.3 Å². The van der Waals surface area contributed by atoms with Gasteiger partial charge in [-0.2, -0.15) is 0 Å². The van der Waals surface area contributed by atoms with Crippen LogP contribution in [0.25, 0.3) is 0 Å². The van der Waals surface area contributed by atoms with Crippen molar-refractivity contribution < 1.29 is 13.2 Å². The second-order valence-electron chi connectivity index (χ2n) is 3.84. The highest BCUT2D eigenvalue weighted by Crippen LogP contribution is 2.19. The molecule has 0 unspecified atom stereocenters. The number of methoxy groups -OCH3 is 1. The minimum atomic E-state index is -3.31. The summed E-state index contributed by atoms with van der Waals surface area (Å²) in [6, 6.07) is 5.06. The quantitative estimate of drug-likeness (QED) is 0.596. The molecule has 1 aromatic carbocycles. The first-order chi connectivity index (χ1) is 7.94. The summed E-state index contributed by atoms with van der Waals surface area (Å²) in [5.41, 5.74) is 7.58. The number of ether oxygens (including phenoxy) is 1. The van der Waals surface area contributed by atoms with Crippen molar-refractivity contribution in [2.24, 2.45) is 0 Å². The van der Waals surface area contributed by atoms with Crippen molar-refractivity contribution in [3.05, 3.63) is 23.8 Å². The van der Waals surface area contributed by atoms with Crippen LogP contribution in [0.5, 0.6) is 0 Å². The third kappa shape index (κ3) is 4.62. The molecular weight excluding hydrogens is 240 g/mol. The average molecular weight is 258 g/mol. The number of anilines is 2. The van der Waals surface area contributed by atoms with Crippen molar-refractivity contribution in [3.63, 3.8) is 0 Å². The zero-order chi connectivity index (χ0) is 12.9. The van der Waals surface area contributed by atoms with E-state index in [4.69, 9.17) is 10.5 Å². The highest BCUT2D eigenvalue weighted by molar-refractivity contribution is 7.92. The zero-order valence-electron chi connectivity index (χ0n) is 10.1. The highest BCUT2D eigenvalue weighted by Gasteiger charge is 2.11. The molecule has 0 fully saturated rings. The number of aryl methyl sites for hydroxylation is 1. The normalized spacial score (nSPS) is 11.4. The topological polar surface area (TPSA) is 81.4 Å². The number of rotatable bonds is 6. The van der Waals surface area contributed by atoms with E-state index in [-0.39, 0.29) is 5.75 Å². The Kier molecular flexibility index (Phi) is 4.77. The molecule has 3 N–H and O–H groups in total. The summed E-state index contributed by atoms with van der Waals surface area (Å²) in [5.74, 6) is 0.0463. The molecule has 1 rings (SSSR count). The molecule has 0 aliphatic heterocycles. The molecule has 0 spiro atoms. The Labute approximate surface area is 102 Å². The van der Waals surface area contributed by atoms with E-state index in [0.717, 1.165) is 5.56 Å². The summed E-state index contributed by atoms with van der Waals surface area (Å²) < 4.78 is 30.8. The van der Waals surface area contributed by atoms with Gasteiger partial charge in [0, 0.05) is 19.4 Å². The molecule has 0 amide bonds. The van der Waals surface area contributed by atoms with E-state index >= 15 is 0 Å². The fraction of sp³-hybridized carbons (Fsp3) is 0.455. The van der Waals surface area contributed by atoms with Crippen LogP contribution < -0.4 is 10.5 Å². The zero-order valence-corrected chi connectivity index (χ0v) is 10.9. The number of benzene rings is 1. The van der Waals surface area contributed by atoms with Crippen LogP contribution >= 0.6 is 0 Å². The predicted octanol–water partition coefficient (Wildman–Crippen LogP) is 1.36. The fourth-order valence-corrected chi connectivity index (χ4v) is 2.58. The number of nitrogens with two attached hydrogens (primary N) is 1. The van der Waals surface area contributed by atoms with Crippen LogP contribution in [0.4, 0.5) is 11.4 Å². The molecule has 5 nitrogen and oxygen atoms in total. The van der Waals surface area contributed by atoms with E-state index in [1.165, 1.54) is 0 Å². The summed E-state index contributed by atoms with van der Waals surface area (Å²) in [5, 5.41) is 0. The lowest BCUT2D eigenvalue weighted by Crippen LogP contribution is -2.18. The molecule has 1 aromatic rings. The molecule has 0 heterocycles. The van der Waals surface area contributed by atoms with Crippen molar-refractivity contribution in [1.29, 1.82) is 0 Å². The first kappa shape index (κ1) is 13.8. The van der Waals surface area contributed by atoms with Crippen LogP contribution in [-0.2, 0) is 14.8 Å². The minimum Gasteiger partial charge on any atom is -0.399 e. The van der Waals surface area contributed by atoms with Gasteiger partial charge >= 0.3 is 0 Å². The van der Waals surface area contributed by atoms with Crippen molar-refractivity contribution in [1.82, 2.24) is 0 Å². The van der Waals surface area contributed by atoms with Crippen LogP contribution in [0.3, 0.4) is 0 Å².